The normalized spacial score (nSPS) is 31.4. The fourth-order valence-corrected chi connectivity index (χ4v) is 3.22. The van der Waals surface area contributed by atoms with E-state index >= 15 is 0 Å². The van der Waals surface area contributed by atoms with Crippen molar-refractivity contribution in [2.75, 3.05) is 25.6 Å². The van der Waals surface area contributed by atoms with Gasteiger partial charge in [-0.2, -0.15) is 0 Å². The molecule has 3 heteroatoms. The number of anilines is 1. The van der Waals surface area contributed by atoms with E-state index in [4.69, 9.17) is 4.74 Å². The summed E-state index contributed by atoms with van der Waals surface area (Å²) in [5, 5.41) is 3.58. The summed E-state index contributed by atoms with van der Waals surface area (Å²) in [5.41, 5.74) is 2.99. The molecule has 0 aromatic heterocycles. The summed E-state index contributed by atoms with van der Waals surface area (Å²) in [5.74, 6) is 0.959. The van der Waals surface area contributed by atoms with E-state index in [9.17, 15) is 0 Å². The van der Waals surface area contributed by atoms with Gasteiger partial charge in [0.2, 0.25) is 0 Å². The van der Waals surface area contributed by atoms with Crippen molar-refractivity contribution in [3.05, 3.63) is 23.8 Å². The Kier molecular flexibility index (Phi) is 1.96. The number of likely N-dealkylation sites (N-methyl/N-ethyl adjacent to an activating group) is 1. The van der Waals surface area contributed by atoms with Gasteiger partial charge in [0.25, 0.3) is 0 Å². The second-order valence-electron chi connectivity index (χ2n) is 5.02. The number of nitrogens with one attached hydrogen (secondary N) is 1. The molecular weight excluding hydrogens is 200 g/mol. The second-order valence-corrected chi connectivity index (χ2v) is 5.02. The van der Waals surface area contributed by atoms with Crippen LogP contribution in [-0.4, -0.2) is 26.9 Å². The second kappa shape index (κ2) is 3.14. The van der Waals surface area contributed by atoms with Crippen molar-refractivity contribution < 1.29 is 4.74 Å². The first-order chi connectivity index (χ1) is 7.66. The summed E-state index contributed by atoms with van der Waals surface area (Å²) < 4.78 is 5.33. The third kappa shape index (κ3) is 1.07. The van der Waals surface area contributed by atoms with Crippen molar-refractivity contribution in [2.45, 2.75) is 24.9 Å². The Morgan fingerprint density at radius 3 is 3.06 bits per heavy atom. The van der Waals surface area contributed by atoms with E-state index in [1.165, 1.54) is 17.7 Å². The molecule has 2 heterocycles. The summed E-state index contributed by atoms with van der Waals surface area (Å²) >= 11 is 0. The average molecular weight is 218 g/mol. The van der Waals surface area contributed by atoms with Crippen LogP contribution in [-0.2, 0) is 5.41 Å². The topological polar surface area (TPSA) is 24.5 Å². The van der Waals surface area contributed by atoms with Gasteiger partial charge in [0, 0.05) is 18.2 Å². The maximum Gasteiger partial charge on any atom is 0.119 e. The lowest BCUT2D eigenvalue weighted by atomic mass is 9.81. The van der Waals surface area contributed by atoms with Crippen LogP contribution in [0.25, 0.3) is 0 Å². The van der Waals surface area contributed by atoms with E-state index in [0.717, 1.165) is 12.3 Å². The van der Waals surface area contributed by atoms with Crippen LogP contribution >= 0.6 is 0 Å². The molecule has 0 bridgehead atoms. The number of ether oxygens (including phenoxy) is 1. The zero-order chi connectivity index (χ0) is 11.3. The van der Waals surface area contributed by atoms with E-state index in [1.807, 2.05) is 6.07 Å². The quantitative estimate of drug-likeness (QED) is 0.777. The summed E-state index contributed by atoms with van der Waals surface area (Å²) in [6.45, 7) is 3.45. The molecule has 1 unspecified atom stereocenters. The fraction of sp³-hybridized carbons (Fsp3) is 0.538. The Morgan fingerprint density at radius 1 is 1.50 bits per heavy atom. The van der Waals surface area contributed by atoms with Crippen LogP contribution in [0.4, 0.5) is 5.69 Å². The lowest BCUT2D eigenvalue weighted by Crippen LogP contribution is -2.44. The van der Waals surface area contributed by atoms with Gasteiger partial charge in [0.15, 0.2) is 0 Å². The maximum absolute atomic E-state index is 5.33. The van der Waals surface area contributed by atoms with Crippen LogP contribution in [0.5, 0.6) is 5.75 Å². The minimum absolute atomic E-state index is 0.235. The summed E-state index contributed by atoms with van der Waals surface area (Å²) in [4.78, 5) is 2.35. The summed E-state index contributed by atoms with van der Waals surface area (Å²) in [7, 11) is 3.90. The van der Waals surface area contributed by atoms with Gasteiger partial charge in [-0.25, -0.2) is 0 Å². The van der Waals surface area contributed by atoms with Crippen LogP contribution in [0.2, 0.25) is 0 Å². The number of hydrogen-bond acceptors (Lipinski definition) is 3. The van der Waals surface area contributed by atoms with Gasteiger partial charge in [-0.05, 0) is 36.7 Å². The van der Waals surface area contributed by atoms with Gasteiger partial charge < -0.3 is 9.64 Å². The number of methoxy groups -OCH3 is 1. The highest BCUT2D eigenvalue weighted by atomic mass is 16.5. The molecule has 1 fully saturated rings. The first-order valence-corrected chi connectivity index (χ1v) is 5.81. The first-order valence-electron chi connectivity index (χ1n) is 5.81. The minimum Gasteiger partial charge on any atom is -0.497 e. The van der Waals surface area contributed by atoms with E-state index < -0.39 is 0 Å². The SMILES string of the molecule is COc1ccc2c(c1)[C@@]1(C)CCNC1N2C. The van der Waals surface area contributed by atoms with Gasteiger partial charge in [0.05, 0.1) is 13.3 Å². The third-order valence-corrected chi connectivity index (χ3v) is 4.17. The van der Waals surface area contributed by atoms with E-state index in [0.29, 0.717) is 6.17 Å². The number of benzene rings is 1. The summed E-state index contributed by atoms with van der Waals surface area (Å²) in [6.07, 6.45) is 1.64. The molecule has 2 aliphatic heterocycles. The molecule has 1 saturated heterocycles. The Hall–Kier alpha value is -1.22. The highest BCUT2D eigenvalue weighted by Gasteiger charge is 2.49. The Bertz CT molecular complexity index is 432. The van der Waals surface area contributed by atoms with Crippen LogP contribution in [0.1, 0.15) is 18.9 Å². The highest BCUT2D eigenvalue weighted by Crippen LogP contribution is 2.48. The molecule has 1 N–H and O–H groups in total. The first kappa shape index (κ1) is 9.97. The zero-order valence-electron chi connectivity index (χ0n) is 10.1. The molecule has 0 saturated carbocycles. The van der Waals surface area contributed by atoms with Gasteiger partial charge in [-0.15, -0.1) is 0 Å². The summed E-state index contributed by atoms with van der Waals surface area (Å²) in [6, 6.07) is 6.40. The largest absolute Gasteiger partial charge is 0.497 e. The van der Waals surface area contributed by atoms with Crippen LogP contribution in [0.3, 0.4) is 0 Å². The predicted octanol–water partition coefficient (Wildman–Crippen LogP) is 1.72. The van der Waals surface area contributed by atoms with Crippen molar-refractivity contribution in [3.8, 4) is 5.75 Å². The number of rotatable bonds is 1. The van der Waals surface area contributed by atoms with E-state index in [-0.39, 0.29) is 5.41 Å². The molecule has 2 atom stereocenters. The van der Waals surface area contributed by atoms with Gasteiger partial charge in [-0.3, -0.25) is 5.32 Å². The molecule has 0 aliphatic carbocycles. The van der Waals surface area contributed by atoms with Gasteiger partial charge in [0.1, 0.15) is 5.75 Å². The van der Waals surface area contributed by atoms with Crippen molar-refractivity contribution in [2.24, 2.45) is 0 Å². The molecule has 3 rings (SSSR count). The van der Waals surface area contributed by atoms with Crippen molar-refractivity contribution >= 4 is 5.69 Å². The molecule has 0 radical (unpaired) electrons. The molecule has 86 valence electrons. The van der Waals surface area contributed by atoms with E-state index in [2.05, 4.69) is 36.3 Å². The Balaban J connectivity index is 2.16. The van der Waals surface area contributed by atoms with Crippen LogP contribution in [0, 0.1) is 0 Å². The molecule has 1 aromatic carbocycles. The van der Waals surface area contributed by atoms with Crippen LogP contribution < -0.4 is 15.0 Å². The lowest BCUT2D eigenvalue weighted by Gasteiger charge is -2.27. The fourth-order valence-electron chi connectivity index (χ4n) is 3.22. The molecule has 1 aromatic rings. The van der Waals surface area contributed by atoms with Gasteiger partial charge in [-0.1, -0.05) is 6.92 Å². The molecule has 2 aliphatic rings. The van der Waals surface area contributed by atoms with Crippen molar-refractivity contribution in [1.82, 2.24) is 5.32 Å². The molecular formula is C13H18N2O. The maximum atomic E-state index is 5.33. The molecule has 0 amide bonds. The number of fused-ring (bicyclic) bond motifs is 3. The molecule has 16 heavy (non-hydrogen) atoms. The number of hydrogen-bond donors (Lipinski definition) is 1. The predicted molar refractivity (Wildman–Crippen MR) is 65.2 cm³/mol. The highest BCUT2D eigenvalue weighted by molar-refractivity contribution is 5.66. The standard InChI is InChI=1S/C13H18N2O/c1-13-6-7-14-12(13)15(2)11-5-4-9(16-3)8-10(11)13/h4-5,8,12,14H,6-7H2,1-3H3/t12?,13-/m1/s1. The van der Waals surface area contributed by atoms with Crippen molar-refractivity contribution in [3.63, 3.8) is 0 Å². The zero-order valence-corrected chi connectivity index (χ0v) is 10.1. The van der Waals surface area contributed by atoms with E-state index in [1.54, 1.807) is 7.11 Å². The van der Waals surface area contributed by atoms with Gasteiger partial charge >= 0.3 is 0 Å². The Morgan fingerprint density at radius 2 is 2.31 bits per heavy atom. The van der Waals surface area contributed by atoms with Crippen LogP contribution in [0.15, 0.2) is 18.2 Å². The lowest BCUT2D eigenvalue weighted by molar-refractivity contribution is 0.407. The minimum atomic E-state index is 0.235. The number of nitrogens with zero attached hydrogens (tertiary/aromatic N) is 1. The Labute approximate surface area is 96.4 Å². The molecule has 0 spiro atoms. The average Bonchev–Trinajstić information content (AvgIpc) is 2.78. The van der Waals surface area contributed by atoms with Crippen molar-refractivity contribution in [1.29, 1.82) is 0 Å². The smallest absolute Gasteiger partial charge is 0.119 e. The molecule has 3 nitrogen and oxygen atoms in total. The third-order valence-electron chi connectivity index (χ3n) is 4.17. The monoisotopic (exact) mass is 218 g/mol.